The van der Waals surface area contributed by atoms with E-state index in [-0.39, 0.29) is 28.8 Å². The monoisotopic (exact) mass is 413 g/mol. The molecular formula is C22H24FN3O4. The molecule has 8 heteroatoms. The van der Waals surface area contributed by atoms with Crippen molar-refractivity contribution < 1.29 is 18.9 Å². The summed E-state index contributed by atoms with van der Waals surface area (Å²) in [7, 11) is 0. The van der Waals surface area contributed by atoms with Crippen molar-refractivity contribution in [1.82, 2.24) is 10.2 Å². The molecule has 2 aromatic rings. The summed E-state index contributed by atoms with van der Waals surface area (Å²) < 4.78 is 13.0. The van der Waals surface area contributed by atoms with E-state index >= 15 is 0 Å². The van der Waals surface area contributed by atoms with E-state index in [0.29, 0.717) is 18.5 Å². The van der Waals surface area contributed by atoms with Crippen LogP contribution >= 0.6 is 0 Å². The van der Waals surface area contributed by atoms with E-state index in [1.165, 1.54) is 42.5 Å². The molecule has 1 heterocycles. The zero-order valence-electron chi connectivity index (χ0n) is 16.6. The maximum atomic E-state index is 13.0. The second-order valence-electron chi connectivity index (χ2n) is 7.37. The van der Waals surface area contributed by atoms with Crippen LogP contribution < -0.4 is 5.32 Å². The maximum absolute atomic E-state index is 13.0. The Morgan fingerprint density at radius 2 is 1.77 bits per heavy atom. The number of ketones is 1. The summed E-state index contributed by atoms with van der Waals surface area (Å²) in [6.07, 6.45) is 2.21. The van der Waals surface area contributed by atoms with E-state index in [2.05, 4.69) is 10.2 Å². The standard InChI is InChI=1S/C22H24FN3O4/c23-18-8-6-16(7-9-18)21(27)17-10-14-25(15-11-17)13-3-12-24-22(28)19-4-1-2-5-20(19)26(29)30/h1-2,4-9,17H,3,10-15H2,(H,24,28). The zero-order valence-corrected chi connectivity index (χ0v) is 16.6. The number of halogens is 1. The van der Waals surface area contributed by atoms with Gasteiger partial charge in [-0.15, -0.1) is 0 Å². The first-order valence-electron chi connectivity index (χ1n) is 9.99. The first kappa shape index (κ1) is 21.6. The molecule has 0 saturated carbocycles. The predicted octanol–water partition coefficient (Wildman–Crippen LogP) is 3.45. The highest BCUT2D eigenvalue weighted by Gasteiger charge is 2.25. The van der Waals surface area contributed by atoms with Crippen molar-refractivity contribution in [3.05, 3.63) is 75.6 Å². The van der Waals surface area contributed by atoms with Gasteiger partial charge in [0.15, 0.2) is 5.78 Å². The number of nitrogens with one attached hydrogen (secondary N) is 1. The number of nitrogens with zero attached hydrogens (tertiary/aromatic N) is 2. The minimum atomic E-state index is -0.563. The lowest BCUT2D eigenvalue weighted by atomic mass is 9.89. The molecule has 1 aliphatic heterocycles. The van der Waals surface area contributed by atoms with Crippen molar-refractivity contribution in [2.45, 2.75) is 19.3 Å². The number of nitro groups is 1. The number of carbonyl (C=O) groups excluding carboxylic acids is 2. The molecule has 0 spiro atoms. The Bertz CT molecular complexity index is 909. The number of amides is 1. The number of Topliss-reactive ketones (excluding diaryl/α,β-unsaturated/α-hetero) is 1. The third-order valence-electron chi connectivity index (χ3n) is 5.37. The lowest BCUT2D eigenvalue weighted by molar-refractivity contribution is -0.385. The average Bonchev–Trinajstić information content (AvgIpc) is 2.77. The molecule has 3 rings (SSSR count). The fraction of sp³-hybridized carbons (Fsp3) is 0.364. The van der Waals surface area contributed by atoms with E-state index in [1.807, 2.05) is 0 Å². The fourth-order valence-electron chi connectivity index (χ4n) is 3.69. The van der Waals surface area contributed by atoms with E-state index in [4.69, 9.17) is 0 Å². The Kier molecular flexibility index (Phi) is 7.24. The fourth-order valence-corrected chi connectivity index (χ4v) is 3.69. The van der Waals surface area contributed by atoms with Crippen LogP contribution in [0.1, 0.15) is 40.0 Å². The van der Waals surface area contributed by atoms with Gasteiger partial charge in [0.25, 0.3) is 11.6 Å². The highest BCUT2D eigenvalue weighted by molar-refractivity contribution is 5.98. The quantitative estimate of drug-likeness (QED) is 0.310. The summed E-state index contributed by atoms with van der Waals surface area (Å²) in [5.41, 5.74) is 0.401. The number of para-hydroxylation sites is 1. The van der Waals surface area contributed by atoms with Crippen molar-refractivity contribution in [1.29, 1.82) is 0 Å². The van der Waals surface area contributed by atoms with Gasteiger partial charge >= 0.3 is 0 Å². The lowest BCUT2D eigenvalue weighted by Gasteiger charge is -2.31. The van der Waals surface area contributed by atoms with Gasteiger partial charge in [0.2, 0.25) is 0 Å². The Balaban J connectivity index is 1.39. The number of likely N-dealkylation sites (tertiary alicyclic amines) is 1. The van der Waals surface area contributed by atoms with Gasteiger partial charge in [-0.2, -0.15) is 0 Å². The van der Waals surface area contributed by atoms with Crippen molar-refractivity contribution >= 4 is 17.4 Å². The topological polar surface area (TPSA) is 92.6 Å². The summed E-state index contributed by atoms with van der Waals surface area (Å²) in [6, 6.07) is 11.6. The lowest BCUT2D eigenvalue weighted by Crippen LogP contribution is -2.38. The van der Waals surface area contributed by atoms with Gasteiger partial charge in [-0.1, -0.05) is 12.1 Å². The first-order valence-corrected chi connectivity index (χ1v) is 9.99. The molecule has 1 N–H and O–H groups in total. The van der Waals surface area contributed by atoms with Crippen LogP contribution in [0.4, 0.5) is 10.1 Å². The molecular weight excluding hydrogens is 389 g/mol. The van der Waals surface area contributed by atoms with E-state index in [1.54, 1.807) is 6.07 Å². The molecule has 30 heavy (non-hydrogen) atoms. The summed E-state index contributed by atoms with van der Waals surface area (Å²) in [4.78, 5) is 37.4. The van der Waals surface area contributed by atoms with Crippen molar-refractivity contribution in [3.63, 3.8) is 0 Å². The largest absolute Gasteiger partial charge is 0.352 e. The Labute approximate surface area is 174 Å². The van der Waals surface area contributed by atoms with Crippen LogP contribution in [-0.2, 0) is 0 Å². The Hall–Kier alpha value is -3.13. The van der Waals surface area contributed by atoms with E-state index in [9.17, 15) is 24.1 Å². The molecule has 0 aromatic heterocycles. The molecule has 0 bridgehead atoms. The first-order chi connectivity index (χ1) is 14.5. The molecule has 0 radical (unpaired) electrons. The molecule has 1 aliphatic rings. The van der Waals surface area contributed by atoms with Gasteiger partial charge in [-0.05, 0) is 69.2 Å². The maximum Gasteiger partial charge on any atom is 0.282 e. The molecule has 0 unspecified atom stereocenters. The smallest absolute Gasteiger partial charge is 0.282 e. The highest BCUT2D eigenvalue weighted by atomic mass is 19.1. The minimum absolute atomic E-state index is 0.0509. The summed E-state index contributed by atoms with van der Waals surface area (Å²) in [5, 5.41) is 13.8. The van der Waals surface area contributed by atoms with Gasteiger partial charge in [0.1, 0.15) is 11.4 Å². The van der Waals surface area contributed by atoms with Crippen molar-refractivity contribution in [3.8, 4) is 0 Å². The van der Waals surface area contributed by atoms with Crippen LogP contribution in [0.2, 0.25) is 0 Å². The van der Waals surface area contributed by atoms with E-state index in [0.717, 1.165) is 32.5 Å². The molecule has 2 aromatic carbocycles. The Morgan fingerprint density at radius 3 is 2.43 bits per heavy atom. The van der Waals surface area contributed by atoms with Crippen LogP contribution in [-0.4, -0.2) is 47.7 Å². The number of hydrogen-bond donors (Lipinski definition) is 1. The van der Waals surface area contributed by atoms with Gasteiger partial charge in [0, 0.05) is 24.1 Å². The molecule has 0 atom stereocenters. The highest BCUT2D eigenvalue weighted by Crippen LogP contribution is 2.22. The normalized spacial score (nSPS) is 15.0. The number of piperidine rings is 1. The van der Waals surface area contributed by atoms with Gasteiger partial charge < -0.3 is 10.2 Å². The third kappa shape index (κ3) is 5.48. The summed E-state index contributed by atoms with van der Waals surface area (Å²) in [6.45, 7) is 2.76. The number of rotatable bonds is 8. The predicted molar refractivity (Wildman–Crippen MR) is 110 cm³/mol. The molecule has 158 valence electrons. The second kappa shape index (κ2) is 10.1. The Morgan fingerprint density at radius 1 is 1.10 bits per heavy atom. The number of hydrogen-bond acceptors (Lipinski definition) is 5. The minimum Gasteiger partial charge on any atom is -0.352 e. The summed E-state index contributed by atoms with van der Waals surface area (Å²) in [5.74, 6) is -0.794. The molecule has 1 saturated heterocycles. The van der Waals surface area contributed by atoms with Gasteiger partial charge in [-0.3, -0.25) is 19.7 Å². The van der Waals surface area contributed by atoms with Gasteiger partial charge in [0.05, 0.1) is 4.92 Å². The second-order valence-corrected chi connectivity index (χ2v) is 7.37. The number of carbonyl (C=O) groups is 2. The van der Waals surface area contributed by atoms with E-state index < -0.39 is 10.8 Å². The summed E-state index contributed by atoms with van der Waals surface area (Å²) >= 11 is 0. The van der Waals surface area contributed by atoms with Crippen LogP contribution in [0.15, 0.2) is 48.5 Å². The number of nitro benzene ring substituents is 1. The van der Waals surface area contributed by atoms with Crippen LogP contribution in [0, 0.1) is 21.8 Å². The SMILES string of the molecule is O=C(NCCCN1CCC(C(=O)c2ccc(F)cc2)CC1)c1ccccc1[N+](=O)[O-]. The van der Waals surface area contributed by atoms with Crippen molar-refractivity contribution in [2.75, 3.05) is 26.2 Å². The third-order valence-corrected chi connectivity index (χ3v) is 5.37. The van der Waals surface area contributed by atoms with Crippen LogP contribution in [0.3, 0.4) is 0 Å². The van der Waals surface area contributed by atoms with Crippen molar-refractivity contribution in [2.24, 2.45) is 5.92 Å². The van der Waals surface area contributed by atoms with Crippen LogP contribution in [0.25, 0.3) is 0 Å². The van der Waals surface area contributed by atoms with Crippen LogP contribution in [0.5, 0.6) is 0 Å². The van der Waals surface area contributed by atoms with Gasteiger partial charge in [-0.25, -0.2) is 4.39 Å². The molecule has 1 amide bonds. The average molecular weight is 413 g/mol. The molecule has 0 aliphatic carbocycles. The molecule has 1 fully saturated rings. The zero-order chi connectivity index (χ0) is 21.5. The molecule has 7 nitrogen and oxygen atoms in total. The number of benzene rings is 2.